The van der Waals surface area contributed by atoms with Crippen molar-refractivity contribution in [1.29, 1.82) is 0 Å². The Morgan fingerprint density at radius 2 is 2.11 bits per heavy atom. The fourth-order valence-corrected chi connectivity index (χ4v) is 3.21. The van der Waals surface area contributed by atoms with Crippen molar-refractivity contribution in [3.63, 3.8) is 0 Å². The van der Waals surface area contributed by atoms with Crippen molar-refractivity contribution >= 4 is 39.4 Å². The summed E-state index contributed by atoms with van der Waals surface area (Å²) in [5, 5.41) is 11.6. The molecular weight excluding hydrogens is 451 g/mol. The fourth-order valence-electron chi connectivity index (χ4n) is 2.70. The number of hydrogen-bond donors (Lipinski definition) is 1. The van der Waals surface area contributed by atoms with Crippen LogP contribution in [0.3, 0.4) is 0 Å². The summed E-state index contributed by atoms with van der Waals surface area (Å²) in [5.74, 6) is -0.847. The number of amides is 1. The number of nitrogens with zero attached hydrogens (tertiary/aromatic N) is 5. The molecule has 2 aromatic heterocycles. The van der Waals surface area contributed by atoms with Crippen LogP contribution in [0.1, 0.15) is 23.9 Å². The van der Waals surface area contributed by atoms with Gasteiger partial charge < -0.3 is 0 Å². The van der Waals surface area contributed by atoms with Gasteiger partial charge in [-0.3, -0.25) is 14.8 Å². The van der Waals surface area contributed by atoms with E-state index in [0.29, 0.717) is 17.1 Å². The molecule has 3 aromatic rings. The van der Waals surface area contributed by atoms with Gasteiger partial charge in [-0.1, -0.05) is 24.6 Å². The summed E-state index contributed by atoms with van der Waals surface area (Å²) in [6, 6.07) is 4.48. The van der Waals surface area contributed by atoms with E-state index in [-0.39, 0.29) is 24.3 Å². The van der Waals surface area contributed by atoms with E-state index >= 15 is 0 Å². The zero-order chi connectivity index (χ0) is 20.4. The molecule has 0 aliphatic heterocycles. The lowest BCUT2D eigenvalue weighted by molar-refractivity contribution is -0.119. The van der Waals surface area contributed by atoms with Crippen molar-refractivity contribution in [2.45, 2.75) is 33.9 Å². The van der Waals surface area contributed by atoms with E-state index in [1.54, 1.807) is 17.7 Å². The second-order valence-corrected chi connectivity index (χ2v) is 7.72. The Labute approximate surface area is 175 Å². The predicted molar refractivity (Wildman–Crippen MR) is 108 cm³/mol. The highest BCUT2D eigenvalue weighted by Crippen LogP contribution is 2.21. The van der Waals surface area contributed by atoms with Gasteiger partial charge in [0.1, 0.15) is 12.1 Å². The lowest BCUT2D eigenvalue weighted by Crippen LogP contribution is -2.26. The minimum Gasteiger partial charge on any atom is -0.293 e. The standard InChI is InChI=1S/C18H19BrClFN6O/c1-10(7-27-12(3)16(19)11(2)24-27)17(28)23-18-22-9-26(25-18)8-13-14(20)5-4-6-15(13)21/h4-6,9-10H,7-8H2,1-3H3,(H,23,25,28). The summed E-state index contributed by atoms with van der Waals surface area (Å²) in [5.41, 5.74) is 2.15. The summed E-state index contributed by atoms with van der Waals surface area (Å²) < 4.78 is 18.0. The van der Waals surface area contributed by atoms with Crippen LogP contribution in [0.25, 0.3) is 0 Å². The second-order valence-electron chi connectivity index (χ2n) is 6.52. The van der Waals surface area contributed by atoms with Crippen LogP contribution >= 0.6 is 27.5 Å². The number of halogens is 3. The predicted octanol–water partition coefficient (Wildman–Crippen LogP) is 3.97. The molecule has 1 unspecified atom stereocenters. The first kappa shape index (κ1) is 20.5. The van der Waals surface area contributed by atoms with Crippen molar-refractivity contribution < 1.29 is 9.18 Å². The maximum Gasteiger partial charge on any atom is 0.248 e. The fraction of sp³-hybridized carbons (Fsp3) is 0.333. The molecule has 1 atom stereocenters. The number of anilines is 1. The number of rotatable bonds is 6. The molecule has 7 nitrogen and oxygen atoms in total. The molecule has 1 amide bonds. The van der Waals surface area contributed by atoms with Gasteiger partial charge in [-0.25, -0.2) is 14.1 Å². The first-order chi connectivity index (χ1) is 13.3. The molecule has 2 heterocycles. The summed E-state index contributed by atoms with van der Waals surface area (Å²) in [4.78, 5) is 16.5. The highest BCUT2D eigenvalue weighted by molar-refractivity contribution is 9.10. The average molecular weight is 470 g/mol. The number of carbonyl (C=O) groups excluding carboxylic acids is 1. The van der Waals surface area contributed by atoms with Gasteiger partial charge in [-0.05, 0) is 41.9 Å². The van der Waals surface area contributed by atoms with Gasteiger partial charge in [-0.2, -0.15) is 5.10 Å². The SMILES string of the molecule is Cc1nn(CC(C)C(=O)Nc2ncn(Cc3c(F)cccc3Cl)n2)c(C)c1Br. The van der Waals surface area contributed by atoms with E-state index in [9.17, 15) is 9.18 Å². The maximum atomic E-state index is 13.9. The van der Waals surface area contributed by atoms with Crippen LogP contribution in [0.5, 0.6) is 0 Å². The molecule has 148 valence electrons. The van der Waals surface area contributed by atoms with E-state index in [0.717, 1.165) is 15.9 Å². The van der Waals surface area contributed by atoms with Crippen molar-refractivity contribution in [1.82, 2.24) is 24.5 Å². The first-order valence-electron chi connectivity index (χ1n) is 8.59. The second kappa shape index (κ2) is 8.40. The Hall–Kier alpha value is -2.26. The number of hydrogen-bond acceptors (Lipinski definition) is 4. The highest BCUT2D eigenvalue weighted by Gasteiger charge is 2.19. The number of benzene rings is 1. The molecule has 0 radical (unpaired) electrons. The topological polar surface area (TPSA) is 77.6 Å². The Balaban J connectivity index is 1.64. The Morgan fingerprint density at radius 3 is 2.75 bits per heavy atom. The van der Waals surface area contributed by atoms with E-state index in [1.807, 2.05) is 13.8 Å². The van der Waals surface area contributed by atoms with Crippen LogP contribution in [-0.4, -0.2) is 30.5 Å². The van der Waals surface area contributed by atoms with E-state index in [4.69, 9.17) is 11.6 Å². The molecule has 0 saturated heterocycles. The van der Waals surface area contributed by atoms with Gasteiger partial charge in [0.25, 0.3) is 0 Å². The number of aromatic nitrogens is 5. The van der Waals surface area contributed by atoms with Crippen molar-refractivity contribution in [3.05, 3.63) is 56.8 Å². The van der Waals surface area contributed by atoms with Gasteiger partial charge in [0, 0.05) is 16.3 Å². The number of aryl methyl sites for hydroxylation is 1. The lowest BCUT2D eigenvalue weighted by Gasteiger charge is -2.12. The Morgan fingerprint density at radius 1 is 1.36 bits per heavy atom. The number of nitrogens with one attached hydrogen (secondary N) is 1. The molecule has 1 N–H and O–H groups in total. The van der Waals surface area contributed by atoms with Crippen LogP contribution in [0.4, 0.5) is 10.3 Å². The zero-order valence-electron chi connectivity index (χ0n) is 15.6. The largest absolute Gasteiger partial charge is 0.293 e. The summed E-state index contributed by atoms with van der Waals surface area (Å²) in [6.45, 7) is 6.18. The van der Waals surface area contributed by atoms with Crippen LogP contribution in [0, 0.1) is 25.6 Å². The quantitative estimate of drug-likeness (QED) is 0.592. The van der Waals surface area contributed by atoms with Crippen molar-refractivity contribution in [2.24, 2.45) is 5.92 Å². The summed E-state index contributed by atoms with van der Waals surface area (Å²) in [7, 11) is 0. The smallest absolute Gasteiger partial charge is 0.248 e. The maximum absolute atomic E-state index is 13.9. The molecule has 0 aliphatic rings. The van der Waals surface area contributed by atoms with Gasteiger partial charge in [-0.15, -0.1) is 5.10 Å². The minimum atomic E-state index is -0.418. The van der Waals surface area contributed by atoms with Gasteiger partial charge in [0.2, 0.25) is 11.9 Å². The van der Waals surface area contributed by atoms with E-state index < -0.39 is 5.82 Å². The molecular formula is C18H19BrClFN6O. The monoisotopic (exact) mass is 468 g/mol. The third kappa shape index (κ3) is 4.41. The highest BCUT2D eigenvalue weighted by atomic mass is 79.9. The third-order valence-corrected chi connectivity index (χ3v) is 5.84. The average Bonchev–Trinajstić information content (AvgIpc) is 3.18. The molecule has 0 saturated carbocycles. The molecule has 0 fully saturated rings. The van der Waals surface area contributed by atoms with E-state index in [2.05, 4.69) is 36.4 Å². The molecule has 0 bridgehead atoms. The molecule has 0 spiro atoms. The molecule has 28 heavy (non-hydrogen) atoms. The lowest BCUT2D eigenvalue weighted by atomic mass is 10.1. The summed E-state index contributed by atoms with van der Waals surface area (Å²) >= 11 is 9.51. The van der Waals surface area contributed by atoms with E-state index in [1.165, 1.54) is 23.1 Å². The van der Waals surface area contributed by atoms with Crippen LogP contribution in [0.2, 0.25) is 5.02 Å². The van der Waals surface area contributed by atoms with Gasteiger partial charge in [0.05, 0.1) is 29.2 Å². The Kier molecular flexibility index (Phi) is 6.14. The minimum absolute atomic E-state index is 0.115. The van der Waals surface area contributed by atoms with Crippen molar-refractivity contribution in [3.8, 4) is 0 Å². The Bertz CT molecular complexity index is 997. The third-order valence-electron chi connectivity index (χ3n) is 4.34. The molecule has 10 heteroatoms. The zero-order valence-corrected chi connectivity index (χ0v) is 17.9. The molecule has 1 aromatic carbocycles. The van der Waals surface area contributed by atoms with Crippen molar-refractivity contribution in [2.75, 3.05) is 5.32 Å². The van der Waals surface area contributed by atoms with Gasteiger partial charge in [0.15, 0.2) is 0 Å². The normalized spacial score (nSPS) is 12.2. The van der Waals surface area contributed by atoms with Crippen LogP contribution in [-0.2, 0) is 17.9 Å². The number of carbonyl (C=O) groups is 1. The molecule has 3 rings (SSSR count). The summed E-state index contributed by atoms with van der Waals surface area (Å²) in [6.07, 6.45) is 1.42. The van der Waals surface area contributed by atoms with Gasteiger partial charge >= 0.3 is 0 Å². The van der Waals surface area contributed by atoms with Crippen LogP contribution in [0.15, 0.2) is 29.0 Å². The van der Waals surface area contributed by atoms with Crippen LogP contribution < -0.4 is 5.32 Å². The first-order valence-corrected chi connectivity index (χ1v) is 9.76. The molecule has 0 aliphatic carbocycles.